The van der Waals surface area contributed by atoms with Crippen molar-refractivity contribution in [3.05, 3.63) is 39.4 Å². The Morgan fingerprint density at radius 2 is 2.10 bits per heavy atom. The van der Waals surface area contributed by atoms with Gasteiger partial charge in [-0.25, -0.2) is 4.98 Å². The summed E-state index contributed by atoms with van der Waals surface area (Å²) in [5.41, 5.74) is 0.766. The molecule has 2 heterocycles. The van der Waals surface area contributed by atoms with Crippen molar-refractivity contribution in [3.63, 3.8) is 0 Å². The molecule has 1 fully saturated rings. The number of thiazole rings is 1. The van der Waals surface area contributed by atoms with Gasteiger partial charge in [-0.3, -0.25) is 10.1 Å². The summed E-state index contributed by atoms with van der Waals surface area (Å²) < 4.78 is 0. The fourth-order valence-corrected chi connectivity index (χ4v) is 5.10. The van der Waals surface area contributed by atoms with Gasteiger partial charge in [0.1, 0.15) is 16.4 Å². The number of nitrogens with one attached hydrogen (secondary N) is 1. The highest BCUT2D eigenvalue weighted by molar-refractivity contribution is 7.99. The summed E-state index contributed by atoms with van der Waals surface area (Å²) in [6.45, 7) is 0. The topological polar surface area (TPSA) is 62.2 Å². The molecular weight excluding hydrogens is 351 g/mol. The van der Waals surface area contributed by atoms with Gasteiger partial charge in [0.05, 0.1) is 14.9 Å². The highest BCUT2D eigenvalue weighted by Gasteiger charge is 2.32. The zero-order chi connectivity index (χ0) is 15.0. The maximum atomic E-state index is 11.0. The van der Waals surface area contributed by atoms with Crippen molar-refractivity contribution in [3.8, 4) is 10.4 Å². The minimum Gasteiger partial charge on any atom is -0.480 e. The minimum atomic E-state index is -0.837. The molecule has 110 valence electrons. The Bertz CT molecular complexity index is 672. The standard InChI is InChI=1S/C13H10Cl2N2O2S2/c14-6-2-1-3-7(15)10(6)9-4-16-11(21-9)12-17-8(5-20-12)13(18)19/h1-4,8,12,17H,5H2,(H,18,19). The first-order chi connectivity index (χ1) is 10.1. The van der Waals surface area contributed by atoms with E-state index < -0.39 is 12.0 Å². The summed E-state index contributed by atoms with van der Waals surface area (Å²) >= 11 is 15.4. The number of aromatic nitrogens is 1. The maximum absolute atomic E-state index is 11.0. The second-order valence-corrected chi connectivity index (χ2v) is 7.44. The number of carboxylic acid groups (broad SMARTS) is 1. The Morgan fingerprint density at radius 1 is 1.38 bits per heavy atom. The van der Waals surface area contributed by atoms with Crippen LogP contribution < -0.4 is 5.32 Å². The summed E-state index contributed by atoms with van der Waals surface area (Å²) in [5.74, 6) is -0.308. The lowest BCUT2D eigenvalue weighted by Crippen LogP contribution is -2.33. The second kappa shape index (κ2) is 6.14. The average molecular weight is 361 g/mol. The van der Waals surface area contributed by atoms with Gasteiger partial charge < -0.3 is 5.11 Å². The number of carbonyl (C=O) groups is 1. The summed E-state index contributed by atoms with van der Waals surface area (Å²) in [6.07, 6.45) is 1.73. The molecule has 21 heavy (non-hydrogen) atoms. The summed E-state index contributed by atoms with van der Waals surface area (Å²) in [7, 11) is 0. The predicted molar refractivity (Wildman–Crippen MR) is 87.3 cm³/mol. The van der Waals surface area contributed by atoms with Gasteiger partial charge in [0.2, 0.25) is 0 Å². The van der Waals surface area contributed by atoms with E-state index in [1.54, 1.807) is 24.4 Å². The second-order valence-electron chi connectivity index (χ2n) is 4.43. The largest absolute Gasteiger partial charge is 0.480 e. The van der Waals surface area contributed by atoms with E-state index in [0.29, 0.717) is 15.8 Å². The van der Waals surface area contributed by atoms with Crippen LogP contribution in [0.3, 0.4) is 0 Å². The van der Waals surface area contributed by atoms with Crippen LogP contribution in [0.15, 0.2) is 24.4 Å². The minimum absolute atomic E-state index is 0.105. The molecule has 0 bridgehead atoms. The quantitative estimate of drug-likeness (QED) is 0.868. The van der Waals surface area contributed by atoms with E-state index in [9.17, 15) is 4.79 Å². The van der Waals surface area contributed by atoms with Crippen LogP contribution in [0.2, 0.25) is 10.0 Å². The maximum Gasteiger partial charge on any atom is 0.321 e. The van der Waals surface area contributed by atoms with E-state index in [-0.39, 0.29) is 5.37 Å². The molecule has 2 atom stereocenters. The molecule has 4 nitrogen and oxygen atoms in total. The van der Waals surface area contributed by atoms with Crippen LogP contribution in [0.4, 0.5) is 0 Å². The molecule has 1 aromatic carbocycles. The zero-order valence-corrected chi connectivity index (χ0v) is 13.7. The van der Waals surface area contributed by atoms with E-state index in [1.807, 2.05) is 0 Å². The number of hydrogen-bond acceptors (Lipinski definition) is 5. The molecule has 2 aromatic rings. The Labute approximate surface area is 139 Å². The third-order valence-electron chi connectivity index (χ3n) is 3.04. The van der Waals surface area contributed by atoms with Gasteiger partial charge in [-0.1, -0.05) is 29.3 Å². The Kier molecular flexibility index (Phi) is 4.42. The van der Waals surface area contributed by atoms with Crippen molar-refractivity contribution in [2.45, 2.75) is 11.4 Å². The van der Waals surface area contributed by atoms with Crippen LogP contribution in [-0.4, -0.2) is 27.9 Å². The van der Waals surface area contributed by atoms with Crippen molar-refractivity contribution < 1.29 is 9.90 Å². The van der Waals surface area contributed by atoms with Crippen LogP contribution in [-0.2, 0) is 4.79 Å². The zero-order valence-electron chi connectivity index (χ0n) is 10.5. The van der Waals surface area contributed by atoms with Crippen molar-refractivity contribution in [2.75, 3.05) is 5.75 Å². The summed E-state index contributed by atoms with van der Waals surface area (Å²) in [5, 5.41) is 13.9. The molecule has 0 saturated carbocycles. The van der Waals surface area contributed by atoms with E-state index in [1.165, 1.54) is 23.1 Å². The smallest absolute Gasteiger partial charge is 0.321 e. The molecule has 2 N–H and O–H groups in total. The Morgan fingerprint density at radius 3 is 2.71 bits per heavy atom. The third kappa shape index (κ3) is 3.05. The normalized spacial score (nSPS) is 21.6. The highest BCUT2D eigenvalue weighted by Crippen LogP contribution is 2.41. The predicted octanol–water partition coefficient (Wildman–Crippen LogP) is 3.91. The number of thioether (sulfide) groups is 1. The van der Waals surface area contributed by atoms with Gasteiger partial charge in [-0.15, -0.1) is 23.1 Å². The molecule has 8 heteroatoms. The fourth-order valence-electron chi connectivity index (χ4n) is 2.01. The molecule has 1 aliphatic rings. The number of aliphatic carboxylic acids is 1. The molecule has 2 unspecified atom stereocenters. The molecule has 3 rings (SSSR count). The molecule has 0 spiro atoms. The van der Waals surface area contributed by atoms with Gasteiger partial charge in [-0.2, -0.15) is 0 Å². The van der Waals surface area contributed by atoms with E-state index in [2.05, 4.69) is 10.3 Å². The van der Waals surface area contributed by atoms with Crippen LogP contribution >= 0.6 is 46.3 Å². The first-order valence-corrected chi connectivity index (χ1v) is 8.69. The lowest BCUT2D eigenvalue weighted by atomic mass is 10.2. The Balaban J connectivity index is 1.86. The Hall–Kier alpha value is -0.790. The number of nitrogens with zero attached hydrogens (tertiary/aromatic N) is 1. The highest BCUT2D eigenvalue weighted by atomic mass is 35.5. The average Bonchev–Trinajstić information content (AvgIpc) is 3.07. The van der Waals surface area contributed by atoms with E-state index in [0.717, 1.165) is 15.4 Å². The number of carboxylic acids is 1. The molecule has 0 amide bonds. The fraction of sp³-hybridized carbons (Fsp3) is 0.231. The lowest BCUT2D eigenvalue weighted by molar-refractivity contribution is -0.138. The molecular formula is C13H10Cl2N2O2S2. The van der Waals surface area contributed by atoms with Crippen LogP contribution in [0.25, 0.3) is 10.4 Å². The first kappa shape index (κ1) is 15.1. The van der Waals surface area contributed by atoms with Crippen molar-refractivity contribution >= 4 is 52.3 Å². The summed E-state index contributed by atoms with van der Waals surface area (Å²) in [4.78, 5) is 16.2. The number of benzene rings is 1. The van der Waals surface area contributed by atoms with Crippen LogP contribution in [0.1, 0.15) is 10.4 Å². The molecule has 0 radical (unpaired) electrons. The van der Waals surface area contributed by atoms with E-state index >= 15 is 0 Å². The monoisotopic (exact) mass is 360 g/mol. The summed E-state index contributed by atoms with van der Waals surface area (Å²) in [6, 6.07) is 4.83. The van der Waals surface area contributed by atoms with Gasteiger partial charge in [0.25, 0.3) is 0 Å². The number of hydrogen-bond donors (Lipinski definition) is 2. The first-order valence-electron chi connectivity index (χ1n) is 6.07. The SMILES string of the molecule is O=C(O)C1CSC(c2ncc(-c3c(Cl)cccc3Cl)s2)N1. The van der Waals surface area contributed by atoms with E-state index in [4.69, 9.17) is 28.3 Å². The third-order valence-corrected chi connectivity index (χ3v) is 6.11. The van der Waals surface area contributed by atoms with Gasteiger partial charge in [0.15, 0.2) is 0 Å². The van der Waals surface area contributed by atoms with Crippen LogP contribution in [0, 0.1) is 0 Å². The lowest BCUT2D eigenvalue weighted by Gasteiger charge is -2.07. The molecule has 1 aromatic heterocycles. The number of rotatable bonds is 3. The van der Waals surface area contributed by atoms with Gasteiger partial charge in [0, 0.05) is 17.5 Å². The molecule has 1 saturated heterocycles. The van der Waals surface area contributed by atoms with Crippen molar-refractivity contribution in [2.24, 2.45) is 0 Å². The van der Waals surface area contributed by atoms with Crippen molar-refractivity contribution in [1.82, 2.24) is 10.3 Å². The number of halogens is 2. The van der Waals surface area contributed by atoms with Crippen LogP contribution in [0.5, 0.6) is 0 Å². The molecule has 0 aliphatic carbocycles. The van der Waals surface area contributed by atoms with Gasteiger partial charge in [-0.05, 0) is 12.1 Å². The molecule has 1 aliphatic heterocycles. The van der Waals surface area contributed by atoms with Gasteiger partial charge >= 0.3 is 5.97 Å². The van der Waals surface area contributed by atoms with Crippen molar-refractivity contribution in [1.29, 1.82) is 0 Å².